The van der Waals surface area contributed by atoms with Crippen molar-refractivity contribution in [2.24, 2.45) is 0 Å². The Balaban J connectivity index is 2.31. The van der Waals surface area contributed by atoms with Crippen LogP contribution in [0.1, 0.15) is 38.3 Å². The van der Waals surface area contributed by atoms with Gasteiger partial charge in [0.25, 0.3) is 0 Å². The third kappa shape index (κ3) is 5.59. The van der Waals surface area contributed by atoms with Crippen molar-refractivity contribution in [1.29, 1.82) is 0 Å². The first-order valence-electron chi connectivity index (χ1n) is 9.23. The summed E-state index contributed by atoms with van der Waals surface area (Å²) in [6.45, 7) is 7.74. The van der Waals surface area contributed by atoms with E-state index >= 15 is 0 Å². The molecule has 0 saturated carbocycles. The van der Waals surface area contributed by atoms with Gasteiger partial charge in [-0.1, -0.05) is 0 Å². The predicted molar refractivity (Wildman–Crippen MR) is 102 cm³/mol. The monoisotopic (exact) mass is 392 g/mol. The van der Waals surface area contributed by atoms with Crippen LogP contribution in [0.2, 0.25) is 0 Å². The van der Waals surface area contributed by atoms with E-state index in [1.54, 1.807) is 37.9 Å². The van der Waals surface area contributed by atoms with Gasteiger partial charge in [0.15, 0.2) is 0 Å². The Hall–Kier alpha value is -2.81. The molecule has 0 aromatic carbocycles. The van der Waals surface area contributed by atoms with E-state index in [9.17, 15) is 14.4 Å². The zero-order chi connectivity index (χ0) is 20.8. The lowest BCUT2D eigenvalue weighted by Gasteiger charge is -2.29. The van der Waals surface area contributed by atoms with Gasteiger partial charge in [0.05, 0.1) is 18.7 Å². The number of hydrogen-bond acceptors (Lipinski definition) is 6. The molecule has 1 aliphatic rings. The quantitative estimate of drug-likeness (QED) is 0.573. The largest absolute Gasteiger partial charge is 0.464 e. The van der Waals surface area contributed by atoms with Gasteiger partial charge in [-0.3, -0.25) is 9.69 Å². The number of amides is 3. The van der Waals surface area contributed by atoms with E-state index < -0.39 is 18.0 Å². The van der Waals surface area contributed by atoms with Gasteiger partial charge in [0.1, 0.15) is 17.6 Å². The maximum atomic E-state index is 12.6. The fourth-order valence-electron chi connectivity index (χ4n) is 2.95. The molecular weight excluding hydrogens is 364 g/mol. The van der Waals surface area contributed by atoms with Crippen molar-refractivity contribution in [1.82, 2.24) is 20.9 Å². The van der Waals surface area contributed by atoms with Crippen molar-refractivity contribution in [3.8, 4) is 0 Å². The average Bonchev–Trinajstić information content (AvgIpc) is 2.99. The number of likely N-dealkylation sites (N-methyl/N-ethyl adjacent to an activating group) is 1. The van der Waals surface area contributed by atoms with Crippen LogP contribution in [0.5, 0.6) is 0 Å². The van der Waals surface area contributed by atoms with Crippen molar-refractivity contribution in [2.45, 2.75) is 39.8 Å². The number of rotatable bonds is 8. The SMILES string of the molecule is CCOC(=O)C1=C(CN(C)CC(=O)NC(C)C)NC(=O)N[C@@H]1c1ccc(C)o1. The molecule has 1 aliphatic heterocycles. The van der Waals surface area contributed by atoms with Crippen LogP contribution < -0.4 is 16.0 Å². The summed E-state index contributed by atoms with van der Waals surface area (Å²) in [6, 6.07) is 2.27. The average molecular weight is 392 g/mol. The standard InChI is InChI=1S/C19H28N4O5/c1-6-27-18(25)16-13(9-23(5)10-15(24)20-11(2)3)21-19(26)22-17(16)14-8-7-12(4)28-14/h7-8,11,17H,6,9-10H2,1-5H3,(H,20,24)(H2,21,22,26)/t17-/m1/s1. The molecule has 9 nitrogen and oxygen atoms in total. The summed E-state index contributed by atoms with van der Waals surface area (Å²) < 4.78 is 10.8. The van der Waals surface area contributed by atoms with Gasteiger partial charge in [0, 0.05) is 18.3 Å². The van der Waals surface area contributed by atoms with E-state index in [1.165, 1.54) is 0 Å². The van der Waals surface area contributed by atoms with E-state index in [4.69, 9.17) is 9.15 Å². The summed E-state index contributed by atoms with van der Waals surface area (Å²) in [7, 11) is 1.73. The summed E-state index contributed by atoms with van der Waals surface area (Å²) >= 11 is 0. The number of furan rings is 1. The smallest absolute Gasteiger partial charge is 0.338 e. The van der Waals surface area contributed by atoms with Gasteiger partial charge in [-0.25, -0.2) is 9.59 Å². The zero-order valence-electron chi connectivity index (χ0n) is 16.9. The first-order chi connectivity index (χ1) is 13.2. The van der Waals surface area contributed by atoms with Gasteiger partial charge in [0.2, 0.25) is 5.91 Å². The number of urea groups is 1. The van der Waals surface area contributed by atoms with Gasteiger partial charge >= 0.3 is 12.0 Å². The van der Waals surface area contributed by atoms with Crippen LogP contribution in [0.4, 0.5) is 4.79 Å². The first kappa shape index (κ1) is 21.5. The number of ether oxygens (including phenoxy) is 1. The van der Waals surface area contributed by atoms with E-state index in [-0.39, 0.29) is 37.2 Å². The van der Waals surface area contributed by atoms with E-state index in [1.807, 2.05) is 13.8 Å². The molecule has 1 aromatic heterocycles. The first-order valence-corrected chi connectivity index (χ1v) is 9.23. The minimum atomic E-state index is -0.769. The molecule has 0 bridgehead atoms. The fourth-order valence-corrected chi connectivity index (χ4v) is 2.95. The highest BCUT2D eigenvalue weighted by atomic mass is 16.5. The second-order valence-electron chi connectivity index (χ2n) is 6.99. The van der Waals surface area contributed by atoms with Crippen LogP contribution in [0, 0.1) is 6.92 Å². The van der Waals surface area contributed by atoms with E-state index in [0.29, 0.717) is 17.2 Å². The van der Waals surface area contributed by atoms with Gasteiger partial charge in [-0.2, -0.15) is 0 Å². The lowest BCUT2D eigenvalue weighted by atomic mass is 10.00. The normalized spacial score (nSPS) is 16.8. The molecule has 0 aliphatic carbocycles. The second-order valence-corrected chi connectivity index (χ2v) is 6.99. The summed E-state index contributed by atoms with van der Waals surface area (Å²) in [4.78, 5) is 38.5. The van der Waals surface area contributed by atoms with Crippen molar-refractivity contribution in [3.05, 3.63) is 34.9 Å². The maximum absolute atomic E-state index is 12.6. The summed E-state index contributed by atoms with van der Waals surface area (Å²) in [5, 5.41) is 8.18. The highest BCUT2D eigenvalue weighted by molar-refractivity contribution is 5.95. The molecule has 2 rings (SSSR count). The molecule has 154 valence electrons. The van der Waals surface area contributed by atoms with Crippen LogP contribution in [-0.2, 0) is 14.3 Å². The molecule has 0 fully saturated rings. The Bertz CT molecular complexity index is 768. The highest BCUT2D eigenvalue weighted by Crippen LogP contribution is 2.29. The molecule has 0 spiro atoms. The third-order valence-electron chi connectivity index (χ3n) is 3.99. The van der Waals surface area contributed by atoms with Crippen molar-refractivity contribution < 1.29 is 23.5 Å². The van der Waals surface area contributed by atoms with Crippen molar-refractivity contribution in [3.63, 3.8) is 0 Å². The van der Waals surface area contributed by atoms with Gasteiger partial charge < -0.3 is 25.1 Å². The van der Waals surface area contributed by atoms with Crippen LogP contribution in [0.15, 0.2) is 27.8 Å². The molecule has 3 amide bonds. The molecule has 0 saturated heterocycles. The maximum Gasteiger partial charge on any atom is 0.338 e. The Morgan fingerprint density at radius 2 is 2.07 bits per heavy atom. The van der Waals surface area contributed by atoms with Crippen LogP contribution >= 0.6 is 0 Å². The third-order valence-corrected chi connectivity index (χ3v) is 3.99. The fraction of sp³-hybridized carbons (Fsp3) is 0.526. The lowest BCUT2D eigenvalue weighted by molar-refractivity contribution is -0.139. The van der Waals surface area contributed by atoms with Gasteiger partial charge in [-0.15, -0.1) is 0 Å². The number of carbonyl (C=O) groups excluding carboxylic acids is 3. The molecule has 28 heavy (non-hydrogen) atoms. The minimum Gasteiger partial charge on any atom is -0.464 e. The summed E-state index contributed by atoms with van der Waals surface area (Å²) in [5.41, 5.74) is 0.632. The number of esters is 1. The zero-order valence-corrected chi connectivity index (χ0v) is 16.9. The minimum absolute atomic E-state index is 0.0281. The van der Waals surface area contributed by atoms with Gasteiger partial charge in [-0.05, 0) is 46.9 Å². The number of carbonyl (C=O) groups is 3. The molecule has 0 radical (unpaired) electrons. The lowest BCUT2D eigenvalue weighted by Crippen LogP contribution is -2.49. The number of aryl methyl sites for hydroxylation is 1. The molecular formula is C19H28N4O5. The van der Waals surface area contributed by atoms with Crippen molar-refractivity contribution in [2.75, 3.05) is 26.7 Å². The van der Waals surface area contributed by atoms with Crippen LogP contribution in [0.3, 0.4) is 0 Å². The highest BCUT2D eigenvalue weighted by Gasteiger charge is 2.35. The van der Waals surface area contributed by atoms with E-state index in [0.717, 1.165) is 0 Å². The molecule has 1 atom stereocenters. The summed E-state index contributed by atoms with van der Waals surface area (Å²) in [5.74, 6) is 0.404. The van der Waals surface area contributed by atoms with E-state index in [2.05, 4.69) is 16.0 Å². The number of nitrogens with zero attached hydrogens (tertiary/aromatic N) is 1. The van der Waals surface area contributed by atoms with Crippen LogP contribution in [0.25, 0.3) is 0 Å². The van der Waals surface area contributed by atoms with Crippen LogP contribution in [-0.4, -0.2) is 55.6 Å². The molecule has 1 aromatic rings. The predicted octanol–water partition coefficient (Wildman–Crippen LogP) is 1.22. The topological polar surface area (TPSA) is 113 Å². The summed E-state index contributed by atoms with van der Waals surface area (Å²) in [6.07, 6.45) is 0. The molecule has 3 N–H and O–H groups in total. The Morgan fingerprint density at radius 1 is 1.36 bits per heavy atom. The molecule has 9 heteroatoms. The Kier molecular flexibility index (Phi) is 7.22. The van der Waals surface area contributed by atoms with Crippen molar-refractivity contribution >= 4 is 17.9 Å². The molecule has 2 heterocycles. The number of nitrogens with one attached hydrogen (secondary N) is 3. The Labute approximate surface area is 164 Å². The molecule has 0 unspecified atom stereocenters. The Morgan fingerprint density at radius 3 is 2.64 bits per heavy atom. The second kappa shape index (κ2) is 9.41. The number of hydrogen-bond donors (Lipinski definition) is 3.